The van der Waals surface area contributed by atoms with Crippen LogP contribution >= 0.6 is 12.2 Å². The molecule has 3 atom stereocenters. The molecule has 1 fully saturated rings. The SMILES string of the molecule is NNC(=S)NC1C[C@@H]2C=C[C@H]1C2. The quantitative estimate of drug-likeness (QED) is 0.237. The predicted molar refractivity (Wildman–Crippen MR) is 52.2 cm³/mol. The van der Waals surface area contributed by atoms with Gasteiger partial charge in [-0.3, -0.25) is 0 Å². The van der Waals surface area contributed by atoms with Crippen molar-refractivity contribution in [3.63, 3.8) is 0 Å². The number of hydrogen-bond acceptors (Lipinski definition) is 2. The minimum atomic E-state index is 0.503. The van der Waals surface area contributed by atoms with E-state index in [0.717, 1.165) is 5.92 Å². The molecule has 66 valence electrons. The van der Waals surface area contributed by atoms with Gasteiger partial charge >= 0.3 is 0 Å². The molecular weight excluding hydrogens is 170 g/mol. The summed E-state index contributed by atoms with van der Waals surface area (Å²) in [6.07, 6.45) is 7.07. The van der Waals surface area contributed by atoms with Crippen LogP contribution < -0.4 is 16.6 Å². The summed E-state index contributed by atoms with van der Waals surface area (Å²) in [6.45, 7) is 0. The van der Waals surface area contributed by atoms with Gasteiger partial charge in [0.1, 0.15) is 0 Å². The van der Waals surface area contributed by atoms with Crippen molar-refractivity contribution in [3.8, 4) is 0 Å². The topological polar surface area (TPSA) is 50.1 Å². The average Bonchev–Trinajstić information content (AvgIpc) is 2.64. The van der Waals surface area contributed by atoms with E-state index < -0.39 is 0 Å². The number of rotatable bonds is 1. The molecule has 0 amide bonds. The van der Waals surface area contributed by atoms with Gasteiger partial charge in [0.25, 0.3) is 0 Å². The number of allylic oxidation sites excluding steroid dienone is 1. The zero-order chi connectivity index (χ0) is 8.55. The number of hydrazine groups is 1. The first-order chi connectivity index (χ1) is 5.79. The van der Waals surface area contributed by atoms with E-state index in [4.69, 9.17) is 18.1 Å². The second-order valence-corrected chi connectivity index (χ2v) is 3.91. The third kappa shape index (κ3) is 1.32. The molecule has 2 rings (SSSR count). The third-order valence-electron chi connectivity index (χ3n) is 2.73. The van der Waals surface area contributed by atoms with E-state index >= 15 is 0 Å². The van der Waals surface area contributed by atoms with E-state index in [1.165, 1.54) is 12.8 Å². The van der Waals surface area contributed by atoms with E-state index in [1.807, 2.05) is 0 Å². The van der Waals surface area contributed by atoms with Crippen LogP contribution in [0.25, 0.3) is 0 Å². The highest BCUT2D eigenvalue weighted by Crippen LogP contribution is 2.38. The van der Waals surface area contributed by atoms with Crippen LogP contribution in [0.5, 0.6) is 0 Å². The molecule has 2 aliphatic carbocycles. The molecule has 4 heteroatoms. The molecule has 0 aliphatic heterocycles. The fourth-order valence-electron chi connectivity index (χ4n) is 2.16. The zero-order valence-electron chi connectivity index (χ0n) is 6.79. The largest absolute Gasteiger partial charge is 0.358 e. The van der Waals surface area contributed by atoms with Crippen molar-refractivity contribution in [1.29, 1.82) is 0 Å². The maximum absolute atomic E-state index is 5.18. The predicted octanol–water partition coefficient (Wildman–Crippen LogP) is 0.289. The Morgan fingerprint density at radius 3 is 2.75 bits per heavy atom. The van der Waals surface area contributed by atoms with Gasteiger partial charge in [-0.05, 0) is 36.9 Å². The van der Waals surface area contributed by atoms with Crippen LogP contribution in [0, 0.1) is 11.8 Å². The van der Waals surface area contributed by atoms with Crippen LogP contribution in [0.4, 0.5) is 0 Å². The molecule has 2 aliphatic rings. The maximum atomic E-state index is 5.18. The monoisotopic (exact) mass is 183 g/mol. The molecule has 0 aromatic carbocycles. The summed E-state index contributed by atoms with van der Waals surface area (Å²) >= 11 is 4.94. The molecule has 2 bridgehead atoms. The van der Waals surface area contributed by atoms with E-state index in [9.17, 15) is 0 Å². The van der Waals surface area contributed by atoms with E-state index in [0.29, 0.717) is 17.1 Å². The summed E-state index contributed by atoms with van der Waals surface area (Å²) in [4.78, 5) is 0. The third-order valence-corrected chi connectivity index (χ3v) is 2.96. The van der Waals surface area contributed by atoms with E-state index in [2.05, 4.69) is 22.9 Å². The van der Waals surface area contributed by atoms with Crippen LogP contribution in [0.3, 0.4) is 0 Å². The van der Waals surface area contributed by atoms with Gasteiger partial charge in [0.2, 0.25) is 0 Å². The van der Waals surface area contributed by atoms with Crippen molar-refractivity contribution in [3.05, 3.63) is 12.2 Å². The fraction of sp³-hybridized carbons (Fsp3) is 0.625. The van der Waals surface area contributed by atoms with Crippen LogP contribution in [0.1, 0.15) is 12.8 Å². The van der Waals surface area contributed by atoms with Gasteiger partial charge in [-0.25, -0.2) is 5.84 Å². The molecule has 0 radical (unpaired) electrons. The summed E-state index contributed by atoms with van der Waals surface area (Å²) in [6, 6.07) is 0.503. The van der Waals surface area contributed by atoms with E-state index in [-0.39, 0.29) is 0 Å². The lowest BCUT2D eigenvalue weighted by molar-refractivity contribution is 0.520. The normalized spacial score (nSPS) is 36.9. The Kier molecular flexibility index (Phi) is 2.02. The van der Waals surface area contributed by atoms with E-state index in [1.54, 1.807) is 0 Å². The number of nitrogens with two attached hydrogens (primary N) is 1. The number of nitrogens with one attached hydrogen (secondary N) is 2. The molecule has 1 unspecified atom stereocenters. The van der Waals surface area contributed by atoms with Crippen molar-refractivity contribution < 1.29 is 0 Å². The molecule has 12 heavy (non-hydrogen) atoms. The van der Waals surface area contributed by atoms with Crippen molar-refractivity contribution in [2.24, 2.45) is 17.7 Å². The highest BCUT2D eigenvalue weighted by atomic mass is 32.1. The van der Waals surface area contributed by atoms with Gasteiger partial charge in [0.15, 0.2) is 5.11 Å². The molecule has 0 spiro atoms. The van der Waals surface area contributed by atoms with Crippen LogP contribution in [-0.4, -0.2) is 11.2 Å². The Morgan fingerprint density at radius 2 is 2.25 bits per heavy atom. The van der Waals surface area contributed by atoms with Crippen LogP contribution in [0.15, 0.2) is 12.2 Å². The van der Waals surface area contributed by atoms with Gasteiger partial charge in [-0.1, -0.05) is 12.2 Å². The standard InChI is InChI=1S/C8H13N3S/c9-11-8(12)10-7-4-5-1-2-6(7)3-5/h1-2,5-7H,3-4,9H2,(H2,10,11,12)/t5-,6+,7?/m1/s1. The summed E-state index contributed by atoms with van der Waals surface area (Å²) in [5, 5.41) is 3.76. The highest BCUT2D eigenvalue weighted by molar-refractivity contribution is 7.80. The molecule has 0 saturated heterocycles. The van der Waals surface area contributed by atoms with Crippen molar-refractivity contribution in [2.75, 3.05) is 0 Å². The Balaban J connectivity index is 1.91. The Labute approximate surface area is 77.4 Å². The van der Waals surface area contributed by atoms with Crippen LogP contribution in [-0.2, 0) is 0 Å². The number of fused-ring (bicyclic) bond motifs is 2. The van der Waals surface area contributed by atoms with Crippen LogP contribution in [0.2, 0.25) is 0 Å². The molecule has 0 aromatic rings. The lowest BCUT2D eigenvalue weighted by Gasteiger charge is -2.20. The Hall–Kier alpha value is -0.610. The first-order valence-electron chi connectivity index (χ1n) is 4.25. The smallest absolute Gasteiger partial charge is 0.180 e. The van der Waals surface area contributed by atoms with Gasteiger partial charge in [0.05, 0.1) is 0 Å². The Morgan fingerprint density at radius 1 is 1.42 bits per heavy atom. The van der Waals surface area contributed by atoms with Gasteiger partial charge in [0, 0.05) is 6.04 Å². The minimum absolute atomic E-state index is 0.503. The molecule has 1 saturated carbocycles. The molecule has 0 aromatic heterocycles. The Bertz CT molecular complexity index is 226. The fourth-order valence-corrected chi connectivity index (χ4v) is 2.31. The molecule has 3 nitrogen and oxygen atoms in total. The zero-order valence-corrected chi connectivity index (χ0v) is 7.60. The highest BCUT2D eigenvalue weighted by Gasteiger charge is 2.35. The molecular formula is C8H13N3S. The summed E-state index contributed by atoms with van der Waals surface area (Å²) in [7, 11) is 0. The number of thiocarbonyl (C=S) groups is 1. The lowest BCUT2D eigenvalue weighted by Crippen LogP contribution is -2.46. The average molecular weight is 183 g/mol. The summed E-state index contributed by atoms with van der Waals surface area (Å²) < 4.78 is 0. The van der Waals surface area contributed by atoms with Gasteiger partial charge < -0.3 is 10.7 Å². The van der Waals surface area contributed by atoms with Gasteiger partial charge in [-0.2, -0.15) is 0 Å². The van der Waals surface area contributed by atoms with Crippen molar-refractivity contribution in [1.82, 2.24) is 10.7 Å². The minimum Gasteiger partial charge on any atom is -0.358 e. The first kappa shape index (κ1) is 8.01. The lowest BCUT2D eigenvalue weighted by atomic mass is 10.0. The van der Waals surface area contributed by atoms with Gasteiger partial charge in [-0.15, -0.1) is 0 Å². The maximum Gasteiger partial charge on any atom is 0.180 e. The number of hydrogen-bond donors (Lipinski definition) is 3. The summed E-state index contributed by atoms with van der Waals surface area (Å²) in [5.74, 6) is 6.62. The second-order valence-electron chi connectivity index (χ2n) is 3.50. The first-order valence-corrected chi connectivity index (χ1v) is 4.66. The molecule has 0 heterocycles. The van der Waals surface area contributed by atoms with Crippen molar-refractivity contribution in [2.45, 2.75) is 18.9 Å². The molecule has 4 N–H and O–H groups in total. The summed E-state index contributed by atoms with van der Waals surface area (Å²) in [5.41, 5.74) is 2.45. The second kappa shape index (κ2) is 3.03. The van der Waals surface area contributed by atoms with Crippen molar-refractivity contribution >= 4 is 17.3 Å².